The number of hydrogen-bond acceptors (Lipinski definition) is 6. The molecule has 0 spiro atoms. The summed E-state index contributed by atoms with van der Waals surface area (Å²) < 4.78 is 23.3. The molecule has 1 aliphatic rings. The average molecular weight is 533 g/mol. The maximum Gasteiger partial charge on any atom is 0.260 e. The summed E-state index contributed by atoms with van der Waals surface area (Å²) in [5.41, 5.74) is 2.32. The first kappa shape index (κ1) is 28.3. The van der Waals surface area contributed by atoms with Gasteiger partial charge in [-0.2, -0.15) is 0 Å². The topological polar surface area (TPSA) is 60.5 Å². The zero-order valence-corrected chi connectivity index (χ0v) is 23.1. The highest BCUT2D eigenvalue weighted by Gasteiger charge is 2.20. The third kappa shape index (κ3) is 8.65. The molecule has 1 heterocycles. The zero-order valence-electron chi connectivity index (χ0n) is 23.1. The zero-order chi connectivity index (χ0) is 27.3. The first-order valence-corrected chi connectivity index (χ1v) is 13.8. The standard InChI is InChI=1S/C32H40N2O5/c1-3-37-30-17-10-14-27-24-33(23-26-12-6-4-7-13-26)19-20-34(18-8-5-9-21-38-32(27)30)31(35)25-39-29-16-11-15-28(22-29)36-2/h4,6-7,10-17,22H,3,5,8-9,18-21,23-25H2,1-2H3. The van der Waals surface area contributed by atoms with Crippen LogP contribution >= 0.6 is 0 Å². The number of carbonyl (C=O) groups excluding carboxylic acids is 1. The molecule has 39 heavy (non-hydrogen) atoms. The number of rotatable bonds is 8. The summed E-state index contributed by atoms with van der Waals surface area (Å²) in [5, 5.41) is 0. The quantitative estimate of drug-likeness (QED) is 0.378. The number of benzene rings is 3. The summed E-state index contributed by atoms with van der Waals surface area (Å²) in [5.74, 6) is 2.93. The molecule has 3 aromatic rings. The Kier molecular flexibility index (Phi) is 10.9. The van der Waals surface area contributed by atoms with E-state index < -0.39 is 0 Å². The Morgan fingerprint density at radius 2 is 1.69 bits per heavy atom. The summed E-state index contributed by atoms with van der Waals surface area (Å²) in [4.78, 5) is 17.6. The van der Waals surface area contributed by atoms with E-state index in [4.69, 9.17) is 18.9 Å². The van der Waals surface area contributed by atoms with Crippen LogP contribution in [0.3, 0.4) is 0 Å². The number of fused-ring (bicyclic) bond motifs is 1. The molecule has 0 fully saturated rings. The number of ether oxygens (including phenoxy) is 4. The fraction of sp³-hybridized carbons (Fsp3) is 0.406. The van der Waals surface area contributed by atoms with E-state index in [9.17, 15) is 4.79 Å². The van der Waals surface area contributed by atoms with Crippen LogP contribution in [-0.2, 0) is 17.9 Å². The van der Waals surface area contributed by atoms with Crippen molar-refractivity contribution in [2.24, 2.45) is 0 Å². The van der Waals surface area contributed by atoms with E-state index in [0.717, 1.165) is 49.4 Å². The predicted molar refractivity (Wildman–Crippen MR) is 153 cm³/mol. The van der Waals surface area contributed by atoms with Gasteiger partial charge in [-0.1, -0.05) is 48.5 Å². The molecular formula is C32H40N2O5. The molecule has 208 valence electrons. The number of hydrogen-bond donors (Lipinski definition) is 0. The lowest BCUT2D eigenvalue weighted by molar-refractivity contribution is -0.133. The van der Waals surface area contributed by atoms with Crippen molar-refractivity contribution in [3.05, 3.63) is 83.9 Å². The van der Waals surface area contributed by atoms with Crippen LogP contribution in [0.4, 0.5) is 0 Å². The molecule has 1 aliphatic heterocycles. The fourth-order valence-electron chi connectivity index (χ4n) is 4.72. The third-order valence-electron chi connectivity index (χ3n) is 6.76. The van der Waals surface area contributed by atoms with Gasteiger partial charge in [0.05, 0.1) is 20.3 Å². The molecule has 7 nitrogen and oxygen atoms in total. The van der Waals surface area contributed by atoms with Crippen LogP contribution in [0.2, 0.25) is 0 Å². The first-order valence-electron chi connectivity index (χ1n) is 13.8. The summed E-state index contributed by atoms with van der Waals surface area (Å²) in [6.07, 6.45) is 2.79. The maximum absolute atomic E-state index is 13.3. The van der Waals surface area contributed by atoms with Gasteiger partial charge < -0.3 is 23.8 Å². The molecule has 4 rings (SSSR count). The molecule has 0 atom stereocenters. The Morgan fingerprint density at radius 1 is 0.872 bits per heavy atom. The minimum atomic E-state index is -0.0114. The first-order chi connectivity index (χ1) is 19.2. The van der Waals surface area contributed by atoms with Crippen molar-refractivity contribution in [2.45, 2.75) is 39.3 Å². The molecule has 0 saturated heterocycles. The van der Waals surface area contributed by atoms with Crippen LogP contribution < -0.4 is 18.9 Å². The molecular weight excluding hydrogens is 492 g/mol. The number of methoxy groups -OCH3 is 1. The Hall–Kier alpha value is -3.71. The normalized spacial score (nSPS) is 15.1. The van der Waals surface area contributed by atoms with Gasteiger partial charge in [-0.3, -0.25) is 9.69 Å². The molecule has 0 aliphatic carbocycles. The van der Waals surface area contributed by atoms with Gasteiger partial charge in [-0.15, -0.1) is 0 Å². The van der Waals surface area contributed by atoms with Crippen molar-refractivity contribution in [3.63, 3.8) is 0 Å². The fourth-order valence-corrected chi connectivity index (χ4v) is 4.72. The van der Waals surface area contributed by atoms with Crippen LogP contribution in [0.5, 0.6) is 23.0 Å². The minimum absolute atomic E-state index is 0.00445. The van der Waals surface area contributed by atoms with E-state index in [-0.39, 0.29) is 12.5 Å². The molecule has 0 N–H and O–H groups in total. The van der Waals surface area contributed by atoms with Gasteiger partial charge in [-0.05, 0) is 49.9 Å². The molecule has 3 aromatic carbocycles. The van der Waals surface area contributed by atoms with E-state index >= 15 is 0 Å². The number of nitrogens with zero attached hydrogens (tertiary/aromatic N) is 2. The molecule has 0 bridgehead atoms. The van der Waals surface area contributed by atoms with Crippen molar-refractivity contribution in [1.29, 1.82) is 0 Å². The molecule has 0 radical (unpaired) electrons. The SMILES string of the molecule is CCOc1cccc2c1OCCCCCN(C(=O)COc1cccc(OC)c1)CCN(Cc1ccccc1)C2. The third-order valence-corrected chi connectivity index (χ3v) is 6.76. The van der Waals surface area contributed by atoms with Crippen molar-refractivity contribution >= 4 is 5.91 Å². The van der Waals surface area contributed by atoms with Crippen LogP contribution in [-0.4, -0.2) is 62.3 Å². The predicted octanol–water partition coefficient (Wildman–Crippen LogP) is 5.57. The summed E-state index contributed by atoms with van der Waals surface area (Å²) in [7, 11) is 1.62. The lowest BCUT2D eigenvalue weighted by atomic mass is 10.1. The minimum Gasteiger partial charge on any atom is -0.497 e. The lowest BCUT2D eigenvalue weighted by Gasteiger charge is -2.28. The Labute approximate surface area is 232 Å². The van der Waals surface area contributed by atoms with Gasteiger partial charge in [0.1, 0.15) is 11.5 Å². The summed E-state index contributed by atoms with van der Waals surface area (Å²) >= 11 is 0. The van der Waals surface area contributed by atoms with Crippen molar-refractivity contribution in [2.75, 3.05) is 46.6 Å². The molecule has 0 unspecified atom stereocenters. The van der Waals surface area contributed by atoms with Gasteiger partial charge in [0.15, 0.2) is 18.1 Å². The largest absolute Gasteiger partial charge is 0.497 e. The van der Waals surface area contributed by atoms with E-state index in [1.807, 2.05) is 48.2 Å². The Morgan fingerprint density at radius 3 is 2.51 bits per heavy atom. The summed E-state index contributed by atoms with van der Waals surface area (Å²) in [6.45, 7) is 6.67. The lowest BCUT2D eigenvalue weighted by Crippen LogP contribution is -2.41. The van der Waals surface area contributed by atoms with Crippen LogP contribution in [0.1, 0.15) is 37.3 Å². The molecule has 0 aromatic heterocycles. The van der Waals surface area contributed by atoms with Crippen LogP contribution in [0.15, 0.2) is 72.8 Å². The van der Waals surface area contributed by atoms with E-state index in [1.54, 1.807) is 13.2 Å². The Balaban J connectivity index is 1.51. The maximum atomic E-state index is 13.3. The Bertz CT molecular complexity index is 1170. The van der Waals surface area contributed by atoms with Crippen molar-refractivity contribution < 1.29 is 23.7 Å². The highest BCUT2D eigenvalue weighted by Crippen LogP contribution is 2.33. The number of para-hydroxylation sites is 1. The van der Waals surface area contributed by atoms with Crippen molar-refractivity contribution in [1.82, 2.24) is 9.80 Å². The second-order valence-electron chi connectivity index (χ2n) is 9.63. The van der Waals surface area contributed by atoms with E-state index in [1.165, 1.54) is 5.56 Å². The van der Waals surface area contributed by atoms with Gasteiger partial charge in [0, 0.05) is 44.4 Å². The second-order valence-corrected chi connectivity index (χ2v) is 9.63. The van der Waals surface area contributed by atoms with Gasteiger partial charge in [-0.25, -0.2) is 0 Å². The highest BCUT2D eigenvalue weighted by molar-refractivity contribution is 5.77. The van der Waals surface area contributed by atoms with Crippen molar-refractivity contribution in [3.8, 4) is 23.0 Å². The number of carbonyl (C=O) groups is 1. The van der Waals surface area contributed by atoms with Gasteiger partial charge in [0.25, 0.3) is 5.91 Å². The van der Waals surface area contributed by atoms with E-state index in [0.29, 0.717) is 44.3 Å². The average Bonchev–Trinajstić information content (AvgIpc) is 2.98. The van der Waals surface area contributed by atoms with Crippen LogP contribution in [0, 0.1) is 0 Å². The second kappa shape index (κ2) is 15.0. The van der Waals surface area contributed by atoms with Gasteiger partial charge >= 0.3 is 0 Å². The summed E-state index contributed by atoms with van der Waals surface area (Å²) in [6, 6.07) is 23.9. The molecule has 7 heteroatoms. The monoisotopic (exact) mass is 532 g/mol. The smallest absolute Gasteiger partial charge is 0.260 e. The van der Waals surface area contributed by atoms with Crippen LogP contribution in [0.25, 0.3) is 0 Å². The molecule has 1 amide bonds. The van der Waals surface area contributed by atoms with E-state index in [2.05, 4.69) is 35.2 Å². The van der Waals surface area contributed by atoms with Gasteiger partial charge in [0.2, 0.25) is 0 Å². The highest BCUT2D eigenvalue weighted by atomic mass is 16.5. The molecule has 0 saturated carbocycles. The number of amides is 1.